The molecule has 4 aliphatic rings. The molecule has 1 unspecified atom stereocenters. The van der Waals surface area contributed by atoms with Gasteiger partial charge in [-0.2, -0.15) is 0 Å². The van der Waals surface area contributed by atoms with Gasteiger partial charge in [0.25, 0.3) is 0 Å². The van der Waals surface area contributed by atoms with E-state index in [2.05, 4.69) is 31.8 Å². The van der Waals surface area contributed by atoms with Gasteiger partial charge in [0.1, 0.15) is 5.78 Å². The fourth-order valence-electron chi connectivity index (χ4n) is 6.76. The lowest BCUT2D eigenvalue weighted by molar-refractivity contribution is -0.131. The van der Waals surface area contributed by atoms with Crippen LogP contribution in [0.1, 0.15) is 72.1 Å². The van der Waals surface area contributed by atoms with Crippen molar-refractivity contribution in [3.05, 3.63) is 11.6 Å². The number of hydrogen-bond donors (Lipinski definition) is 0. The SMILES string of the molecule is CC#CC1CC[C@@]2(C)C(=CC[C@@H]3[C@H]2CC[C@]2(C)C(=O)CC[C@@H]32)C1. The second-order valence-electron chi connectivity index (χ2n) is 9.01. The van der Waals surface area contributed by atoms with E-state index >= 15 is 0 Å². The number of ketones is 1. The molecule has 0 radical (unpaired) electrons. The molecule has 0 saturated heterocycles. The van der Waals surface area contributed by atoms with Crippen LogP contribution in [0.15, 0.2) is 11.6 Å². The van der Waals surface area contributed by atoms with Gasteiger partial charge in [-0.3, -0.25) is 4.79 Å². The summed E-state index contributed by atoms with van der Waals surface area (Å²) in [5.41, 5.74) is 2.10. The fraction of sp³-hybridized carbons (Fsp3) is 0.773. The quantitative estimate of drug-likeness (QED) is 0.446. The summed E-state index contributed by atoms with van der Waals surface area (Å²) in [6, 6.07) is 0. The van der Waals surface area contributed by atoms with Gasteiger partial charge in [-0.1, -0.05) is 31.4 Å². The third kappa shape index (κ3) is 2.10. The predicted octanol–water partition coefficient (Wildman–Crippen LogP) is 5.16. The number of allylic oxidation sites excluding steroid dienone is 2. The first-order valence-electron chi connectivity index (χ1n) is 9.64. The van der Waals surface area contributed by atoms with Crippen LogP contribution in [0.4, 0.5) is 0 Å². The Kier molecular flexibility index (Phi) is 3.53. The van der Waals surface area contributed by atoms with E-state index in [1.54, 1.807) is 5.57 Å². The molecule has 1 heteroatoms. The van der Waals surface area contributed by atoms with E-state index in [1.807, 2.05) is 6.92 Å². The number of rotatable bonds is 0. The molecule has 0 aliphatic heterocycles. The molecule has 1 nitrogen and oxygen atoms in total. The normalized spacial score (nSPS) is 48.5. The van der Waals surface area contributed by atoms with Crippen LogP contribution < -0.4 is 0 Å². The Labute approximate surface area is 141 Å². The van der Waals surface area contributed by atoms with Gasteiger partial charge in [0, 0.05) is 17.8 Å². The van der Waals surface area contributed by atoms with E-state index < -0.39 is 0 Å². The third-order valence-electron chi connectivity index (χ3n) is 8.16. The molecule has 0 aromatic heterocycles. The van der Waals surface area contributed by atoms with Crippen LogP contribution in [-0.4, -0.2) is 5.78 Å². The van der Waals surface area contributed by atoms with Crippen molar-refractivity contribution in [2.45, 2.75) is 72.1 Å². The maximum atomic E-state index is 12.5. The van der Waals surface area contributed by atoms with Gasteiger partial charge in [-0.05, 0) is 75.0 Å². The van der Waals surface area contributed by atoms with E-state index in [1.165, 1.54) is 32.1 Å². The van der Waals surface area contributed by atoms with Crippen molar-refractivity contribution >= 4 is 5.78 Å². The highest BCUT2D eigenvalue weighted by Crippen LogP contribution is 2.64. The Morgan fingerprint density at radius 1 is 1.09 bits per heavy atom. The molecule has 0 amide bonds. The molecule has 0 heterocycles. The molecule has 3 saturated carbocycles. The van der Waals surface area contributed by atoms with E-state index in [9.17, 15) is 4.79 Å². The van der Waals surface area contributed by atoms with Gasteiger partial charge in [0.2, 0.25) is 0 Å². The first-order chi connectivity index (χ1) is 11.0. The van der Waals surface area contributed by atoms with Gasteiger partial charge >= 0.3 is 0 Å². The highest BCUT2D eigenvalue weighted by Gasteiger charge is 2.58. The van der Waals surface area contributed by atoms with Crippen LogP contribution in [0.3, 0.4) is 0 Å². The fourth-order valence-corrected chi connectivity index (χ4v) is 6.76. The van der Waals surface area contributed by atoms with Crippen LogP contribution in [-0.2, 0) is 4.79 Å². The zero-order valence-electron chi connectivity index (χ0n) is 15.0. The maximum absolute atomic E-state index is 12.5. The van der Waals surface area contributed by atoms with E-state index in [0.29, 0.717) is 23.0 Å². The number of Topliss-reactive ketones (excluding diaryl/α,β-unsaturated/α-hetero) is 1. The zero-order chi connectivity index (χ0) is 16.2. The Morgan fingerprint density at radius 3 is 2.61 bits per heavy atom. The standard InChI is InChI=1S/C22H30O/c1-4-5-15-10-12-21(2)16(14-15)6-7-17-18-8-9-20(23)22(18,3)13-11-19(17)21/h6,15,17-19H,7-14H2,1-3H3/t15?,17-,18-,19+,21-,22-/m0/s1. The summed E-state index contributed by atoms with van der Waals surface area (Å²) in [5.74, 6) is 9.90. The summed E-state index contributed by atoms with van der Waals surface area (Å²) >= 11 is 0. The molecule has 0 spiro atoms. The lowest BCUT2D eigenvalue weighted by atomic mass is 9.47. The van der Waals surface area contributed by atoms with Gasteiger partial charge in [-0.15, -0.1) is 5.92 Å². The predicted molar refractivity (Wildman–Crippen MR) is 93.7 cm³/mol. The molecule has 0 N–H and O–H groups in total. The minimum Gasteiger partial charge on any atom is -0.299 e. The van der Waals surface area contributed by atoms with Crippen LogP contribution in [0.25, 0.3) is 0 Å². The minimum atomic E-state index is 0.00770. The van der Waals surface area contributed by atoms with Crippen LogP contribution in [0, 0.1) is 46.3 Å². The number of carbonyl (C=O) groups is 1. The maximum Gasteiger partial charge on any atom is 0.139 e. The van der Waals surface area contributed by atoms with Crippen molar-refractivity contribution in [1.82, 2.24) is 0 Å². The molecule has 0 bridgehead atoms. The smallest absolute Gasteiger partial charge is 0.139 e. The second kappa shape index (κ2) is 5.23. The van der Waals surface area contributed by atoms with Gasteiger partial charge < -0.3 is 0 Å². The molecule has 23 heavy (non-hydrogen) atoms. The van der Waals surface area contributed by atoms with Gasteiger partial charge in [0.15, 0.2) is 0 Å². The molecule has 4 aliphatic carbocycles. The van der Waals surface area contributed by atoms with Crippen molar-refractivity contribution in [2.24, 2.45) is 34.5 Å². The van der Waals surface area contributed by atoms with Crippen molar-refractivity contribution in [1.29, 1.82) is 0 Å². The van der Waals surface area contributed by atoms with Crippen LogP contribution in [0.5, 0.6) is 0 Å². The Bertz CT molecular complexity index is 618. The molecule has 6 atom stereocenters. The molecule has 0 aromatic rings. The molecule has 4 rings (SSSR count). The summed E-state index contributed by atoms with van der Waals surface area (Å²) in [6.07, 6.45) is 11.9. The van der Waals surface area contributed by atoms with E-state index in [-0.39, 0.29) is 5.41 Å². The van der Waals surface area contributed by atoms with E-state index in [4.69, 9.17) is 0 Å². The average Bonchev–Trinajstić information content (AvgIpc) is 2.84. The number of hydrogen-bond acceptors (Lipinski definition) is 1. The van der Waals surface area contributed by atoms with Crippen LogP contribution >= 0.6 is 0 Å². The summed E-state index contributed by atoms with van der Waals surface area (Å²) in [6.45, 7) is 6.78. The molecular formula is C22H30O. The van der Waals surface area contributed by atoms with Crippen LogP contribution in [0.2, 0.25) is 0 Å². The summed E-state index contributed by atoms with van der Waals surface area (Å²) in [5, 5.41) is 0. The monoisotopic (exact) mass is 310 g/mol. The van der Waals surface area contributed by atoms with Crippen molar-refractivity contribution in [3.8, 4) is 11.8 Å². The Morgan fingerprint density at radius 2 is 1.83 bits per heavy atom. The first-order valence-corrected chi connectivity index (χ1v) is 9.64. The second-order valence-corrected chi connectivity index (χ2v) is 9.01. The van der Waals surface area contributed by atoms with Gasteiger partial charge in [0.05, 0.1) is 0 Å². The molecule has 3 fully saturated rings. The largest absolute Gasteiger partial charge is 0.299 e. The van der Waals surface area contributed by atoms with E-state index in [0.717, 1.165) is 31.1 Å². The molecular weight excluding hydrogens is 280 g/mol. The lowest BCUT2D eigenvalue weighted by Crippen LogP contribution is -2.50. The Hall–Kier alpha value is -1.03. The average molecular weight is 310 g/mol. The molecule has 124 valence electrons. The van der Waals surface area contributed by atoms with Gasteiger partial charge in [-0.25, -0.2) is 0 Å². The summed E-state index contributed by atoms with van der Waals surface area (Å²) in [7, 11) is 0. The summed E-state index contributed by atoms with van der Waals surface area (Å²) < 4.78 is 0. The minimum absolute atomic E-state index is 0.00770. The topological polar surface area (TPSA) is 17.1 Å². The third-order valence-corrected chi connectivity index (χ3v) is 8.16. The summed E-state index contributed by atoms with van der Waals surface area (Å²) in [4.78, 5) is 12.5. The van der Waals surface area contributed by atoms with Crippen molar-refractivity contribution in [2.75, 3.05) is 0 Å². The Balaban J connectivity index is 1.65. The molecule has 0 aromatic carbocycles. The number of fused-ring (bicyclic) bond motifs is 5. The zero-order valence-corrected chi connectivity index (χ0v) is 15.0. The number of carbonyl (C=O) groups excluding carboxylic acids is 1. The highest BCUT2D eigenvalue weighted by molar-refractivity contribution is 5.87. The van der Waals surface area contributed by atoms with Crippen molar-refractivity contribution in [3.63, 3.8) is 0 Å². The highest BCUT2D eigenvalue weighted by atomic mass is 16.1. The van der Waals surface area contributed by atoms with Crippen molar-refractivity contribution < 1.29 is 4.79 Å². The first kappa shape index (κ1) is 15.5. The lowest BCUT2D eigenvalue weighted by Gasteiger charge is -2.56.